The van der Waals surface area contributed by atoms with Crippen molar-refractivity contribution in [1.29, 1.82) is 0 Å². The summed E-state index contributed by atoms with van der Waals surface area (Å²) in [6, 6.07) is 10.6. The first-order chi connectivity index (χ1) is 15.5. The standard InChI is InChI=1S/C24H35N7O/c1-17(19-9-5-4-6-10-19)26-24(25-15-22-29-28-18(2)30(22)3)27-21-13-14-31(16-21)23(32)20-11-7-8-12-20/h4-6,9-10,17,20-21H,7-8,11-16H2,1-3H3,(H2,25,26,27). The van der Waals surface area contributed by atoms with Gasteiger partial charge in [-0.15, -0.1) is 10.2 Å². The lowest BCUT2D eigenvalue weighted by molar-refractivity contribution is -0.134. The molecule has 0 spiro atoms. The van der Waals surface area contributed by atoms with Crippen LogP contribution in [0.1, 0.15) is 62.3 Å². The minimum absolute atomic E-state index is 0.0984. The van der Waals surface area contributed by atoms with Crippen LogP contribution >= 0.6 is 0 Å². The molecule has 1 aromatic carbocycles. The Kier molecular flexibility index (Phi) is 7.07. The van der Waals surface area contributed by atoms with E-state index in [1.807, 2.05) is 41.6 Å². The van der Waals surface area contributed by atoms with Crippen LogP contribution in [0.25, 0.3) is 0 Å². The number of aryl methyl sites for hydroxylation is 1. The number of amides is 1. The first-order valence-electron chi connectivity index (χ1n) is 11.8. The molecule has 2 heterocycles. The molecule has 1 saturated heterocycles. The van der Waals surface area contributed by atoms with Gasteiger partial charge < -0.3 is 20.1 Å². The first kappa shape index (κ1) is 22.3. The number of aliphatic imine (C=N–C) groups is 1. The average Bonchev–Trinajstić information content (AvgIpc) is 3.56. The van der Waals surface area contributed by atoms with E-state index in [1.165, 1.54) is 18.4 Å². The fraction of sp³-hybridized carbons (Fsp3) is 0.583. The van der Waals surface area contributed by atoms with Crippen LogP contribution < -0.4 is 10.6 Å². The van der Waals surface area contributed by atoms with Gasteiger partial charge in [-0.2, -0.15) is 0 Å². The van der Waals surface area contributed by atoms with Crippen molar-refractivity contribution < 1.29 is 4.79 Å². The highest BCUT2D eigenvalue weighted by atomic mass is 16.2. The number of hydrogen-bond acceptors (Lipinski definition) is 4. The molecule has 1 aliphatic carbocycles. The lowest BCUT2D eigenvalue weighted by atomic mass is 10.1. The molecule has 1 aromatic heterocycles. The van der Waals surface area contributed by atoms with Gasteiger partial charge in [-0.25, -0.2) is 4.99 Å². The Bertz CT molecular complexity index is 933. The van der Waals surface area contributed by atoms with Gasteiger partial charge in [0.15, 0.2) is 11.8 Å². The van der Waals surface area contributed by atoms with Gasteiger partial charge in [0.2, 0.25) is 5.91 Å². The van der Waals surface area contributed by atoms with Crippen molar-refractivity contribution in [2.45, 2.75) is 64.6 Å². The van der Waals surface area contributed by atoms with E-state index < -0.39 is 0 Å². The average molecular weight is 438 g/mol. The fourth-order valence-electron chi connectivity index (χ4n) is 4.60. The van der Waals surface area contributed by atoms with Crippen LogP contribution in [0.4, 0.5) is 0 Å². The van der Waals surface area contributed by atoms with Gasteiger partial charge in [0, 0.05) is 32.1 Å². The van der Waals surface area contributed by atoms with Crippen molar-refractivity contribution >= 4 is 11.9 Å². The number of nitrogens with zero attached hydrogens (tertiary/aromatic N) is 5. The van der Waals surface area contributed by atoms with Crippen molar-refractivity contribution in [2.75, 3.05) is 13.1 Å². The van der Waals surface area contributed by atoms with E-state index in [0.29, 0.717) is 12.5 Å². The quantitative estimate of drug-likeness (QED) is 0.536. The van der Waals surface area contributed by atoms with Gasteiger partial charge in [0.1, 0.15) is 12.4 Å². The lowest BCUT2D eigenvalue weighted by Crippen LogP contribution is -2.46. The highest BCUT2D eigenvalue weighted by Crippen LogP contribution is 2.27. The van der Waals surface area contributed by atoms with Crippen LogP contribution in [0, 0.1) is 12.8 Å². The Hall–Kier alpha value is -2.90. The predicted molar refractivity (Wildman–Crippen MR) is 125 cm³/mol. The van der Waals surface area contributed by atoms with Crippen LogP contribution in [-0.4, -0.2) is 50.7 Å². The maximum atomic E-state index is 12.8. The molecule has 4 rings (SSSR count). The van der Waals surface area contributed by atoms with E-state index in [9.17, 15) is 4.79 Å². The first-order valence-corrected chi connectivity index (χ1v) is 11.8. The molecule has 32 heavy (non-hydrogen) atoms. The summed E-state index contributed by atoms with van der Waals surface area (Å²) in [5, 5.41) is 15.5. The third kappa shape index (κ3) is 5.29. The Morgan fingerprint density at radius 2 is 1.94 bits per heavy atom. The van der Waals surface area contributed by atoms with Gasteiger partial charge in [0.25, 0.3) is 0 Å². The van der Waals surface area contributed by atoms with Gasteiger partial charge in [-0.1, -0.05) is 43.2 Å². The number of carbonyl (C=O) groups is 1. The summed E-state index contributed by atoms with van der Waals surface area (Å²) in [7, 11) is 1.96. The third-order valence-corrected chi connectivity index (χ3v) is 6.76. The molecule has 2 N–H and O–H groups in total. The number of rotatable bonds is 6. The Labute approximate surface area is 190 Å². The third-order valence-electron chi connectivity index (χ3n) is 6.76. The van der Waals surface area contributed by atoms with Crippen molar-refractivity contribution in [1.82, 2.24) is 30.3 Å². The summed E-state index contributed by atoms with van der Waals surface area (Å²) in [6.07, 6.45) is 5.40. The number of nitrogens with one attached hydrogen (secondary N) is 2. The molecule has 1 amide bonds. The molecule has 0 bridgehead atoms. The van der Waals surface area contributed by atoms with Crippen LogP contribution in [0.3, 0.4) is 0 Å². The van der Waals surface area contributed by atoms with Crippen LogP contribution in [-0.2, 0) is 18.4 Å². The smallest absolute Gasteiger partial charge is 0.225 e. The summed E-state index contributed by atoms with van der Waals surface area (Å²) >= 11 is 0. The number of carbonyl (C=O) groups excluding carboxylic acids is 1. The predicted octanol–water partition coefficient (Wildman–Crippen LogP) is 2.71. The van der Waals surface area contributed by atoms with Crippen molar-refractivity contribution in [3.63, 3.8) is 0 Å². The Balaban J connectivity index is 1.43. The normalized spacial score (nSPS) is 20.5. The lowest BCUT2D eigenvalue weighted by Gasteiger charge is -2.23. The molecule has 2 atom stereocenters. The summed E-state index contributed by atoms with van der Waals surface area (Å²) in [5.41, 5.74) is 1.20. The van der Waals surface area contributed by atoms with Crippen LogP contribution in [0.5, 0.6) is 0 Å². The monoisotopic (exact) mass is 437 g/mol. The Morgan fingerprint density at radius 1 is 1.19 bits per heavy atom. The molecule has 8 heteroatoms. The summed E-state index contributed by atoms with van der Waals surface area (Å²) < 4.78 is 1.96. The Morgan fingerprint density at radius 3 is 2.62 bits per heavy atom. The van der Waals surface area contributed by atoms with E-state index in [-0.39, 0.29) is 18.0 Å². The van der Waals surface area contributed by atoms with E-state index in [2.05, 4.69) is 39.9 Å². The second kappa shape index (κ2) is 10.1. The highest BCUT2D eigenvalue weighted by molar-refractivity contribution is 5.81. The second-order valence-corrected chi connectivity index (χ2v) is 9.06. The highest BCUT2D eigenvalue weighted by Gasteiger charge is 2.32. The number of benzene rings is 1. The maximum absolute atomic E-state index is 12.8. The summed E-state index contributed by atoms with van der Waals surface area (Å²) in [4.78, 5) is 19.7. The SMILES string of the molecule is Cc1nnc(CN=C(NC2CCN(C(=O)C3CCCC3)C2)NC(C)c2ccccc2)n1C. The number of aromatic nitrogens is 3. The second-order valence-electron chi connectivity index (χ2n) is 9.06. The fourth-order valence-corrected chi connectivity index (χ4v) is 4.60. The summed E-state index contributed by atoms with van der Waals surface area (Å²) in [6.45, 7) is 6.05. The van der Waals surface area contributed by atoms with E-state index in [0.717, 1.165) is 50.0 Å². The minimum atomic E-state index is 0.0984. The number of guanidine groups is 1. The van der Waals surface area contributed by atoms with Crippen LogP contribution in [0.2, 0.25) is 0 Å². The zero-order chi connectivity index (χ0) is 22.5. The van der Waals surface area contributed by atoms with E-state index in [4.69, 9.17) is 4.99 Å². The molecule has 2 aromatic rings. The molecular weight excluding hydrogens is 402 g/mol. The summed E-state index contributed by atoms with van der Waals surface area (Å²) in [5.74, 6) is 3.00. The molecule has 8 nitrogen and oxygen atoms in total. The van der Waals surface area contributed by atoms with Gasteiger partial charge in [0.05, 0.1) is 6.04 Å². The molecule has 1 aliphatic heterocycles. The molecule has 2 aliphatic rings. The molecule has 2 fully saturated rings. The molecule has 172 valence electrons. The minimum Gasteiger partial charge on any atom is -0.352 e. The van der Waals surface area contributed by atoms with Crippen molar-refractivity contribution in [3.05, 3.63) is 47.5 Å². The number of hydrogen-bond donors (Lipinski definition) is 2. The van der Waals surface area contributed by atoms with E-state index >= 15 is 0 Å². The van der Waals surface area contributed by atoms with Crippen molar-refractivity contribution in [3.8, 4) is 0 Å². The van der Waals surface area contributed by atoms with Gasteiger partial charge in [-0.3, -0.25) is 4.79 Å². The van der Waals surface area contributed by atoms with Crippen molar-refractivity contribution in [2.24, 2.45) is 18.0 Å². The zero-order valence-electron chi connectivity index (χ0n) is 19.4. The van der Waals surface area contributed by atoms with Crippen LogP contribution in [0.15, 0.2) is 35.3 Å². The topological polar surface area (TPSA) is 87.4 Å². The number of likely N-dealkylation sites (tertiary alicyclic amines) is 1. The molecular formula is C24H35N7O. The zero-order valence-corrected chi connectivity index (χ0v) is 19.4. The van der Waals surface area contributed by atoms with E-state index in [1.54, 1.807) is 0 Å². The van der Waals surface area contributed by atoms with Gasteiger partial charge in [-0.05, 0) is 38.7 Å². The maximum Gasteiger partial charge on any atom is 0.225 e. The molecule has 2 unspecified atom stereocenters. The molecule has 1 saturated carbocycles. The molecule has 0 radical (unpaired) electrons. The largest absolute Gasteiger partial charge is 0.352 e. The van der Waals surface area contributed by atoms with Gasteiger partial charge >= 0.3 is 0 Å².